The minimum atomic E-state index is -4.20. The molecule has 2 aliphatic rings. The van der Waals surface area contributed by atoms with Gasteiger partial charge in [-0.15, -0.1) is 0 Å². The Morgan fingerprint density at radius 1 is 0.880 bits per heavy atom. The van der Waals surface area contributed by atoms with Gasteiger partial charge in [-0.2, -0.15) is 4.31 Å². The van der Waals surface area contributed by atoms with E-state index in [-0.39, 0.29) is 41.9 Å². The third-order valence-electron chi connectivity index (χ3n) is 9.20. The van der Waals surface area contributed by atoms with Gasteiger partial charge in [0.15, 0.2) is 18.4 Å². The second kappa shape index (κ2) is 17.6. The van der Waals surface area contributed by atoms with E-state index < -0.39 is 34.6 Å². The molecule has 2 N–H and O–H groups in total. The monoisotopic (exact) mass is 709 g/mol. The van der Waals surface area contributed by atoms with Crippen molar-refractivity contribution < 1.29 is 42.4 Å². The molecule has 50 heavy (non-hydrogen) atoms. The summed E-state index contributed by atoms with van der Waals surface area (Å²) in [6, 6.07) is 19.0. The van der Waals surface area contributed by atoms with Crippen LogP contribution in [0, 0.1) is 18.8 Å². The van der Waals surface area contributed by atoms with Crippen LogP contribution < -0.4 is 9.47 Å². The highest BCUT2D eigenvalue weighted by Gasteiger charge is 2.33. The van der Waals surface area contributed by atoms with Crippen LogP contribution in [0.3, 0.4) is 0 Å². The first-order chi connectivity index (χ1) is 24.0. The lowest BCUT2D eigenvalue weighted by atomic mass is 9.87. The maximum absolute atomic E-state index is 14.5. The second-order valence-corrected chi connectivity index (χ2v) is 15.7. The van der Waals surface area contributed by atoms with Crippen LogP contribution in [0.1, 0.15) is 80.3 Å². The number of aromatic hydroxyl groups is 1. The molecule has 0 aliphatic carbocycles. The minimum absolute atomic E-state index is 0.0184. The van der Waals surface area contributed by atoms with E-state index >= 15 is 0 Å². The van der Waals surface area contributed by atoms with Gasteiger partial charge in [0, 0.05) is 61.7 Å². The summed E-state index contributed by atoms with van der Waals surface area (Å²) in [6.07, 6.45) is 3.27. The maximum atomic E-state index is 14.5. The molecule has 2 saturated heterocycles. The molecule has 10 nitrogen and oxygen atoms in total. The second-order valence-electron chi connectivity index (χ2n) is 13.8. The molecule has 2 unspecified atom stereocenters. The van der Waals surface area contributed by atoms with Crippen LogP contribution in [0.2, 0.25) is 0 Å². The summed E-state index contributed by atoms with van der Waals surface area (Å²) in [6.45, 7) is 6.55. The van der Waals surface area contributed by atoms with E-state index in [1.807, 2.05) is 44.2 Å². The summed E-state index contributed by atoms with van der Waals surface area (Å²) in [5.41, 5.74) is 1.75. The van der Waals surface area contributed by atoms with Gasteiger partial charge in [-0.25, -0.2) is 8.42 Å². The number of carbonyl (C=O) groups excluding carboxylic acids is 1. The zero-order chi connectivity index (χ0) is 35.7. The number of ether oxygens (including phenoxy) is 4. The van der Waals surface area contributed by atoms with Gasteiger partial charge < -0.3 is 29.2 Å². The van der Waals surface area contributed by atoms with E-state index in [1.54, 1.807) is 25.1 Å². The van der Waals surface area contributed by atoms with Crippen LogP contribution in [0.15, 0.2) is 71.6 Å². The van der Waals surface area contributed by atoms with Crippen LogP contribution in [0.25, 0.3) is 0 Å². The van der Waals surface area contributed by atoms with Crippen LogP contribution in [-0.2, 0) is 25.9 Å². The Hall–Kier alpha value is -3.48. The lowest BCUT2D eigenvalue weighted by molar-refractivity contribution is -0.109. The first-order valence-corrected chi connectivity index (χ1v) is 19.2. The van der Waals surface area contributed by atoms with Crippen molar-refractivity contribution in [3.05, 3.63) is 83.4 Å². The molecule has 0 aromatic heterocycles. The largest absolute Gasteiger partial charge is 0.508 e. The highest BCUT2D eigenvalue weighted by atomic mass is 32.2. The Morgan fingerprint density at radius 3 is 2.06 bits per heavy atom. The lowest BCUT2D eigenvalue weighted by Crippen LogP contribution is -2.43. The Balaban J connectivity index is 1.44. The van der Waals surface area contributed by atoms with Crippen molar-refractivity contribution in [1.29, 1.82) is 0 Å². The molecule has 0 amide bonds. The molecule has 2 heterocycles. The topological polar surface area (TPSA) is 132 Å². The smallest absolute Gasteiger partial charge is 0.243 e. The van der Waals surface area contributed by atoms with Crippen LogP contribution in [0.4, 0.5) is 0 Å². The number of aliphatic hydroxyl groups excluding tert-OH is 1. The van der Waals surface area contributed by atoms with Crippen LogP contribution in [-0.4, -0.2) is 73.7 Å². The molecular weight excluding hydrogens is 658 g/mol. The van der Waals surface area contributed by atoms with Gasteiger partial charge in [0.1, 0.15) is 17.2 Å². The lowest BCUT2D eigenvalue weighted by Gasteiger charge is -2.31. The fraction of sp³-hybridized carbons (Fsp3) is 0.513. The predicted molar refractivity (Wildman–Crippen MR) is 190 cm³/mol. The van der Waals surface area contributed by atoms with E-state index in [2.05, 4.69) is 0 Å². The molecule has 11 heteroatoms. The Labute approximate surface area is 296 Å². The van der Waals surface area contributed by atoms with Crippen molar-refractivity contribution in [2.45, 2.75) is 95.7 Å². The van der Waals surface area contributed by atoms with Crippen molar-refractivity contribution in [3.8, 4) is 17.2 Å². The molecule has 2 fully saturated rings. The molecule has 0 bridgehead atoms. The van der Waals surface area contributed by atoms with Gasteiger partial charge in [-0.3, -0.25) is 4.79 Å². The number of aliphatic hydroxyl groups is 1. The molecule has 3 aromatic carbocycles. The summed E-state index contributed by atoms with van der Waals surface area (Å²) < 4.78 is 54.2. The maximum Gasteiger partial charge on any atom is 0.243 e. The number of phenolic OH excluding ortho intramolecular Hbond substituents is 1. The third kappa shape index (κ3) is 10.3. The average molecular weight is 710 g/mol. The van der Waals surface area contributed by atoms with E-state index in [4.69, 9.17) is 18.9 Å². The van der Waals surface area contributed by atoms with Crippen LogP contribution in [0.5, 0.6) is 17.2 Å². The van der Waals surface area contributed by atoms with Gasteiger partial charge in [-0.1, -0.05) is 56.3 Å². The van der Waals surface area contributed by atoms with Gasteiger partial charge in [0.2, 0.25) is 10.0 Å². The van der Waals surface area contributed by atoms with E-state index in [0.29, 0.717) is 55.1 Å². The number of hydrogen-bond donors (Lipinski definition) is 2. The minimum Gasteiger partial charge on any atom is -0.508 e. The standard InChI is InChI=1S/C39H51NO9S/c1-27(2)25-40(26-37(43)30(20-29-12-5-4-6-13-29)21-36(42)34-14-11-15-35(41)28(34)3)50(44,45)33-23-31(48-38-16-7-9-18-46-38)22-32(24-33)49-39-17-8-10-19-47-39/h4-6,11-15,22-24,27,30,37-39,41,43H,7-10,16-21,25-26H2,1-3H3/t30-,37-,38?,39?/m1/s1. The van der Waals surface area contributed by atoms with Crippen molar-refractivity contribution >= 4 is 15.8 Å². The number of hydrogen-bond acceptors (Lipinski definition) is 9. The van der Waals surface area contributed by atoms with Gasteiger partial charge in [-0.05, 0) is 62.5 Å². The summed E-state index contributed by atoms with van der Waals surface area (Å²) in [5.74, 6) is -0.284. The number of benzene rings is 3. The van der Waals surface area contributed by atoms with E-state index in [9.17, 15) is 23.4 Å². The quantitative estimate of drug-likeness (QED) is 0.157. The Morgan fingerprint density at radius 2 is 1.50 bits per heavy atom. The number of sulfonamides is 1. The first-order valence-electron chi connectivity index (χ1n) is 17.7. The summed E-state index contributed by atoms with van der Waals surface area (Å²) >= 11 is 0. The zero-order valence-electron chi connectivity index (χ0n) is 29.3. The summed E-state index contributed by atoms with van der Waals surface area (Å²) in [7, 11) is -4.20. The van der Waals surface area contributed by atoms with E-state index in [0.717, 1.165) is 31.2 Å². The molecular formula is C39H51NO9S. The van der Waals surface area contributed by atoms with Gasteiger partial charge >= 0.3 is 0 Å². The molecule has 272 valence electrons. The third-order valence-corrected chi connectivity index (χ3v) is 11.0. The highest BCUT2D eigenvalue weighted by molar-refractivity contribution is 7.89. The fourth-order valence-electron chi connectivity index (χ4n) is 6.46. The molecule has 4 atom stereocenters. The number of carbonyl (C=O) groups is 1. The van der Waals surface area contributed by atoms with Crippen molar-refractivity contribution in [3.63, 3.8) is 0 Å². The summed E-state index contributed by atoms with van der Waals surface area (Å²) in [5, 5.41) is 22.1. The molecule has 5 rings (SSSR count). The zero-order valence-corrected chi connectivity index (χ0v) is 30.1. The fourth-order valence-corrected chi connectivity index (χ4v) is 8.13. The number of nitrogens with zero attached hydrogens (tertiary/aromatic N) is 1. The van der Waals surface area contributed by atoms with Crippen molar-refractivity contribution in [2.75, 3.05) is 26.3 Å². The molecule has 0 saturated carbocycles. The SMILES string of the molecule is Cc1c(O)cccc1C(=O)C[C@@H](Cc1ccccc1)[C@H](O)CN(CC(C)C)S(=O)(=O)c1cc(OC2CCCCO2)cc(OC2CCCCO2)c1. The molecule has 0 spiro atoms. The Bertz CT molecular complexity index is 1610. The predicted octanol–water partition coefficient (Wildman–Crippen LogP) is 6.65. The Kier molecular flexibility index (Phi) is 13.3. The van der Waals surface area contributed by atoms with Crippen molar-refractivity contribution in [2.24, 2.45) is 11.8 Å². The summed E-state index contributed by atoms with van der Waals surface area (Å²) in [4.78, 5) is 13.6. The number of rotatable bonds is 16. The molecule has 3 aromatic rings. The normalized spacial score (nSPS) is 19.6. The van der Waals surface area contributed by atoms with Crippen LogP contribution >= 0.6 is 0 Å². The molecule has 0 radical (unpaired) electrons. The molecule has 2 aliphatic heterocycles. The first kappa shape index (κ1) is 37.8. The van der Waals surface area contributed by atoms with Crippen molar-refractivity contribution in [1.82, 2.24) is 4.31 Å². The van der Waals surface area contributed by atoms with Gasteiger partial charge in [0.05, 0.1) is 24.2 Å². The number of Topliss-reactive ketones (excluding diaryl/α,β-unsaturated/α-hetero) is 1. The highest BCUT2D eigenvalue weighted by Crippen LogP contribution is 2.33. The number of ketones is 1. The van der Waals surface area contributed by atoms with Gasteiger partial charge in [0.25, 0.3) is 0 Å². The number of phenols is 1. The average Bonchev–Trinajstić information content (AvgIpc) is 3.10. The van der Waals surface area contributed by atoms with E-state index in [1.165, 1.54) is 22.5 Å².